The van der Waals surface area contributed by atoms with Gasteiger partial charge in [0.1, 0.15) is 0 Å². The van der Waals surface area contributed by atoms with Crippen LogP contribution in [0.1, 0.15) is 25.0 Å². The third-order valence-corrected chi connectivity index (χ3v) is 3.47. The fourth-order valence-electron chi connectivity index (χ4n) is 1.30. The number of hydrogen-bond acceptors (Lipinski definition) is 2. The Balaban J connectivity index is 0.000000861. The zero-order valence-electron chi connectivity index (χ0n) is 11.4. The summed E-state index contributed by atoms with van der Waals surface area (Å²) in [5, 5.41) is 0. The van der Waals surface area contributed by atoms with Crippen LogP contribution >= 0.6 is 27.9 Å². The number of aryl methyl sites for hydroxylation is 1. The minimum atomic E-state index is 1.08. The first-order valence-corrected chi connectivity index (χ1v) is 7.83. The van der Waals surface area contributed by atoms with Crippen LogP contribution in [0, 0.1) is 6.92 Å². The van der Waals surface area contributed by atoms with Crippen molar-refractivity contribution >= 4 is 34.1 Å². The monoisotopic (exact) mass is 335 g/mol. The van der Waals surface area contributed by atoms with Crippen LogP contribution in [0.5, 0.6) is 0 Å². The molecule has 0 saturated heterocycles. The summed E-state index contributed by atoms with van der Waals surface area (Å²) in [6.07, 6.45) is 1.87. The Morgan fingerprint density at radius 2 is 1.53 bits per heavy atom. The predicted octanol–water partition coefficient (Wildman–Crippen LogP) is 5.91. The number of halogens is 1. The summed E-state index contributed by atoms with van der Waals surface area (Å²) in [6.45, 7) is 6.08. The van der Waals surface area contributed by atoms with Crippen LogP contribution in [0.3, 0.4) is 0 Å². The topological polar surface area (TPSA) is 12.4 Å². The van der Waals surface area contributed by atoms with Crippen LogP contribution in [0.15, 0.2) is 62.3 Å². The van der Waals surface area contributed by atoms with E-state index in [9.17, 15) is 0 Å². The fourth-order valence-corrected chi connectivity index (χ4v) is 2.11. The average molecular weight is 336 g/mol. The number of rotatable bonds is 3. The van der Waals surface area contributed by atoms with E-state index in [1.165, 1.54) is 17.5 Å². The molecular formula is C16H18BrNS. The molecule has 0 aliphatic carbocycles. The summed E-state index contributed by atoms with van der Waals surface area (Å²) >= 11 is 4.89. The van der Waals surface area contributed by atoms with Crippen molar-refractivity contribution in [2.75, 3.05) is 0 Å². The van der Waals surface area contributed by atoms with E-state index in [1.54, 1.807) is 0 Å². The first-order valence-electron chi connectivity index (χ1n) is 6.27. The molecule has 0 radical (unpaired) electrons. The molecule has 0 unspecified atom stereocenters. The summed E-state index contributed by atoms with van der Waals surface area (Å²) in [7, 11) is 0. The van der Waals surface area contributed by atoms with Crippen molar-refractivity contribution in [2.45, 2.75) is 25.7 Å². The highest BCUT2D eigenvalue weighted by molar-refractivity contribution is 9.10. The number of nitrogens with zero attached hydrogens (tertiary/aromatic N) is 1. The highest BCUT2D eigenvalue weighted by atomic mass is 79.9. The molecule has 3 heteroatoms. The van der Waals surface area contributed by atoms with Crippen LogP contribution in [-0.4, -0.2) is 6.21 Å². The zero-order chi connectivity index (χ0) is 14.1. The van der Waals surface area contributed by atoms with Gasteiger partial charge >= 0.3 is 0 Å². The normalized spacial score (nSPS) is 10.1. The van der Waals surface area contributed by atoms with Crippen molar-refractivity contribution in [1.82, 2.24) is 0 Å². The second-order valence-electron chi connectivity index (χ2n) is 3.69. The number of benzene rings is 2. The van der Waals surface area contributed by atoms with Crippen molar-refractivity contribution in [2.24, 2.45) is 4.40 Å². The predicted molar refractivity (Wildman–Crippen MR) is 90.1 cm³/mol. The Morgan fingerprint density at radius 1 is 0.947 bits per heavy atom. The van der Waals surface area contributed by atoms with Gasteiger partial charge in [-0.2, -0.15) is 0 Å². The van der Waals surface area contributed by atoms with Crippen molar-refractivity contribution < 1.29 is 0 Å². The molecular weight excluding hydrogens is 318 g/mol. The molecule has 0 aliphatic rings. The Morgan fingerprint density at radius 3 is 2.11 bits per heavy atom. The fraction of sp³-hybridized carbons (Fsp3) is 0.188. The van der Waals surface area contributed by atoms with Crippen molar-refractivity contribution in [3.05, 3.63) is 64.1 Å². The first kappa shape index (κ1) is 16.0. The lowest BCUT2D eigenvalue weighted by Gasteiger charge is -1.96. The maximum Gasteiger partial charge on any atom is 0.0428 e. The Bertz CT molecular complexity index is 503. The standard InChI is InChI=1S/C14H12BrNS.C2H6/c1-11-2-8-14(9-3-11)17-16-10-12-4-6-13(15)7-5-12;1-2/h2-10H,1H3;1-2H3/b16-10+;. The van der Waals surface area contributed by atoms with Gasteiger partial charge in [0, 0.05) is 27.5 Å². The molecule has 2 aromatic rings. The summed E-state index contributed by atoms with van der Waals surface area (Å²) in [4.78, 5) is 1.16. The van der Waals surface area contributed by atoms with Crippen LogP contribution in [0.4, 0.5) is 0 Å². The van der Waals surface area contributed by atoms with E-state index in [2.05, 4.69) is 51.5 Å². The summed E-state index contributed by atoms with van der Waals surface area (Å²) in [5.41, 5.74) is 2.37. The van der Waals surface area contributed by atoms with Gasteiger partial charge in [0.15, 0.2) is 0 Å². The second-order valence-corrected chi connectivity index (χ2v) is 5.47. The highest BCUT2D eigenvalue weighted by Crippen LogP contribution is 2.19. The van der Waals surface area contributed by atoms with Gasteiger partial charge < -0.3 is 0 Å². The lowest BCUT2D eigenvalue weighted by atomic mass is 10.2. The van der Waals surface area contributed by atoms with E-state index in [0.29, 0.717) is 0 Å². The van der Waals surface area contributed by atoms with Crippen LogP contribution in [0.25, 0.3) is 0 Å². The molecule has 0 saturated carbocycles. The van der Waals surface area contributed by atoms with E-state index in [0.717, 1.165) is 14.9 Å². The quantitative estimate of drug-likeness (QED) is 0.501. The van der Waals surface area contributed by atoms with E-state index in [-0.39, 0.29) is 0 Å². The van der Waals surface area contributed by atoms with Gasteiger partial charge in [-0.05, 0) is 36.8 Å². The molecule has 1 nitrogen and oxygen atoms in total. The van der Waals surface area contributed by atoms with Gasteiger partial charge in [0.25, 0.3) is 0 Å². The summed E-state index contributed by atoms with van der Waals surface area (Å²) in [5.74, 6) is 0. The Kier molecular flexibility index (Phi) is 7.53. The van der Waals surface area contributed by atoms with Crippen molar-refractivity contribution in [3.63, 3.8) is 0 Å². The molecule has 19 heavy (non-hydrogen) atoms. The van der Waals surface area contributed by atoms with Crippen LogP contribution in [0.2, 0.25) is 0 Å². The molecule has 0 fully saturated rings. The van der Waals surface area contributed by atoms with E-state index in [4.69, 9.17) is 0 Å². The molecule has 0 bridgehead atoms. The summed E-state index contributed by atoms with van der Waals surface area (Å²) < 4.78 is 5.43. The van der Waals surface area contributed by atoms with Gasteiger partial charge in [-0.15, -0.1) is 0 Å². The van der Waals surface area contributed by atoms with Gasteiger partial charge in [-0.1, -0.05) is 59.6 Å². The molecule has 0 spiro atoms. The maximum atomic E-state index is 4.35. The number of hydrogen-bond donors (Lipinski definition) is 0. The van der Waals surface area contributed by atoms with Crippen molar-refractivity contribution in [1.29, 1.82) is 0 Å². The van der Waals surface area contributed by atoms with Gasteiger partial charge in [0.05, 0.1) is 0 Å². The molecule has 0 aromatic heterocycles. The Hall–Kier alpha value is -1.06. The molecule has 0 N–H and O–H groups in total. The molecule has 0 amide bonds. The largest absolute Gasteiger partial charge is 0.219 e. The molecule has 2 aromatic carbocycles. The highest BCUT2D eigenvalue weighted by Gasteiger charge is 1.91. The molecule has 100 valence electrons. The third-order valence-electron chi connectivity index (χ3n) is 2.25. The first-order chi connectivity index (χ1) is 9.24. The molecule has 2 rings (SSSR count). The second kappa shape index (κ2) is 8.94. The smallest absolute Gasteiger partial charge is 0.0428 e. The van der Waals surface area contributed by atoms with Crippen LogP contribution < -0.4 is 0 Å². The Labute approximate surface area is 128 Å². The van der Waals surface area contributed by atoms with Gasteiger partial charge in [-0.3, -0.25) is 0 Å². The van der Waals surface area contributed by atoms with E-state index >= 15 is 0 Å². The van der Waals surface area contributed by atoms with Crippen LogP contribution in [-0.2, 0) is 0 Å². The minimum absolute atomic E-state index is 1.08. The maximum absolute atomic E-state index is 4.35. The third kappa shape index (κ3) is 6.08. The van der Waals surface area contributed by atoms with E-state index < -0.39 is 0 Å². The lowest BCUT2D eigenvalue weighted by molar-refractivity contribution is 1.38. The van der Waals surface area contributed by atoms with Gasteiger partial charge in [-0.25, -0.2) is 4.40 Å². The van der Waals surface area contributed by atoms with E-state index in [1.807, 2.05) is 44.3 Å². The summed E-state index contributed by atoms with van der Waals surface area (Å²) in [6, 6.07) is 16.4. The van der Waals surface area contributed by atoms with Crippen molar-refractivity contribution in [3.8, 4) is 0 Å². The average Bonchev–Trinajstić information content (AvgIpc) is 2.45. The molecule has 0 heterocycles. The molecule has 0 aliphatic heterocycles. The minimum Gasteiger partial charge on any atom is -0.219 e. The SMILES string of the molecule is CC.Cc1ccc(S/N=C/c2ccc(Br)cc2)cc1. The van der Waals surface area contributed by atoms with Gasteiger partial charge in [0.2, 0.25) is 0 Å². The zero-order valence-corrected chi connectivity index (χ0v) is 13.8. The lowest BCUT2D eigenvalue weighted by Crippen LogP contribution is -1.78. The molecule has 0 atom stereocenters.